The van der Waals surface area contributed by atoms with Crippen molar-refractivity contribution in [3.63, 3.8) is 0 Å². The Morgan fingerprint density at radius 1 is 1.47 bits per heavy atom. The van der Waals surface area contributed by atoms with Crippen molar-refractivity contribution in [3.05, 3.63) is 38.4 Å². The standard InChI is InChI=1S/C12H12ClIN4O/c1-6(2)10-16-11(18-17-10)12(19)15-9-4-3-7(13)5-8(9)14/h3-6H,1-2H3,(H,15,19)(H,16,17,18). The maximum atomic E-state index is 12.0. The third-order valence-electron chi connectivity index (χ3n) is 2.43. The van der Waals surface area contributed by atoms with Gasteiger partial charge in [0.25, 0.3) is 5.91 Å². The number of nitrogens with zero attached hydrogens (tertiary/aromatic N) is 2. The van der Waals surface area contributed by atoms with Crippen molar-refractivity contribution in [2.24, 2.45) is 0 Å². The van der Waals surface area contributed by atoms with Crippen molar-refractivity contribution >= 4 is 45.8 Å². The molecule has 19 heavy (non-hydrogen) atoms. The second kappa shape index (κ2) is 5.87. The van der Waals surface area contributed by atoms with E-state index in [1.165, 1.54) is 0 Å². The number of aromatic amines is 1. The first-order chi connectivity index (χ1) is 8.97. The second-order valence-corrected chi connectivity index (χ2v) is 5.88. The van der Waals surface area contributed by atoms with Crippen LogP contribution in [0, 0.1) is 3.57 Å². The smallest absolute Gasteiger partial charge is 0.295 e. The largest absolute Gasteiger partial charge is 0.318 e. The number of hydrogen-bond acceptors (Lipinski definition) is 3. The number of H-pyrrole nitrogens is 1. The predicted octanol–water partition coefficient (Wildman–Crippen LogP) is 3.44. The molecule has 0 fully saturated rings. The van der Waals surface area contributed by atoms with Crippen LogP contribution in [0.4, 0.5) is 5.69 Å². The monoisotopic (exact) mass is 390 g/mol. The molecule has 2 N–H and O–H groups in total. The molecular formula is C12H12ClIN4O. The molecule has 0 unspecified atom stereocenters. The molecule has 2 aromatic rings. The van der Waals surface area contributed by atoms with Gasteiger partial charge in [-0.1, -0.05) is 25.4 Å². The molecule has 0 radical (unpaired) electrons. The van der Waals surface area contributed by atoms with E-state index in [4.69, 9.17) is 11.6 Å². The van der Waals surface area contributed by atoms with Crippen LogP contribution in [0.3, 0.4) is 0 Å². The lowest BCUT2D eigenvalue weighted by Crippen LogP contribution is -2.14. The number of anilines is 1. The molecule has 2 rings (SSSR count). The van der Waals surface area contributed by atoms with Crippen LogP contribution in [0.2, 0.25) is 5.02 Å². The van der Waals surface area contributed by atoms with Crippen LogP contribution in [-0.2, 0) is 0 Å². The molecule has 0 saturated carbocycles. The molecule has 1 aromatic heterocycles. The zero-order valence-corrected chi connectivity index (χ0v) is 13.3. The van der Waals surface area contributed by atoms with Crippen molar-refractivity contribution in [1.82, 2.24) is 15.2 Å². The minimum absolute atomic E-state index is 0.134. The van der Waals surface area contributed by atoms with E-state index in [0.717, 1.165) is 3.57 Å². The van der Waals surface area contributed by atoms with Crippen molar-refractivity contribution in [1.29, 1.82) is 0 Å². The highest BCUT2D eigenvalue weighted by molar-refractivity contribution is 14.1. The Labute approximate surface area is 129 Å². The van der Waals surface area contributed by atoms with Gasteiger partial charge in [0.2, 0.25) is 5.82 Å². The maximum Gasteiger partial charge on any atom is 0.295 e. The minimum Gasteiger partial charge on any atom is -0.318 e. The Kier molecular flexibility index (Phi) is 4.41. The van der Waals surface area contributed by atoms with Crippen molar-refractivity contribution in [2.45, 2.75) is 19.8 Å². The van der Waals surface area contributed by atoms with Gasteiger partial charge >= 0.3 is 0 Å². The van der Waals surface area contributed by atoms with E-state index < -0.39 is 0 Å². The van der Waals surface area contributed by atoms with E-state index in [9.17, 15) is 4.79 Å². The van der Waals surface area contributed by atoms with Crippen molar-refractivity contribution in [3.8, 4) is 0 Å². The zero-order chi connectivity index (χ0) is 14.0. The Bertz CT molecular complexity index is 612. The average Bonchev–Trinajstić information content (AvgIpc) is 2.82. The fourth-order valence-electron chi connectivity index (χ4n) is 1.40. The highest BCUT2D eigenvalue weighted by Crippen LogP contribution is 2.22. The molecule has 0 saturated heterocycles. The van der Waals surface area contributed by atoms with E-state index in [0.29, 0.717) is 16.5 Å². The summed E-state index contributed by atoms with van der Waals surface area (Å²) in [5, 5.41) is 10.0. The topological polar surface area (TPSA) is 70.7 Å². The molecule has 7 heteroatoms. The Morgan fingerprint density at radius 3 is 2.79 bits per heavy atom. The fourth-order valence-corrected chi connectivity index (χ4v) is 2.41. The first-order valence-corrected chi connectivity index (χ1v) is 7.11. The molecular weight excluding hydrogens is 379 g/mol. The summed E-state index contributed by atoms with van der Waals surface area (Å²) >= 11 is 7.97. The third-order valence-corrected chi connectivity index (χ3v) is 3.56. The predicted molar refractivity (Wildman–Crippen MR) is 82.6 cm³/mol. The van der Waals surface area contributed by atoms with Crippen LogP contribution in [-0.4, -0.2) is 21.1 Å². The summed E-state index contributed by atoms with van der Waals surface area (Å²) in [7, 11) is 0. The zero-order valence-electron chi connectivity index (χ0n) is 10.4. The highest BCUT2D eigenvalue weighted by atomic mass is 127. The van der Waals surface area contributed by atoms with E-state index in [2.05, 4.69) is 43.1 Å². The molecule has 0 spiro atoms. The van der Waals surface area contributed by atoms with E-state index in [1.807, 2.05) is 13.8 Å². The van der Waals surface area contributed by atoms with Gasteiger partial charge in [0.1, 0.15) is 5.82 Å². The summed E-state index contributed by atoms with van der Waals surface area (Å²) in [6.07, 6.45) is 0. The summed E-state index contributed by atoms with van der Waals surface area (Å²) in [6.45, 7) is 3.95. The van der Waals surface area contributed by atoms with Gasteiger partial charge in [-0.05, 0) is 40.8 Å². The molecule has 0 aliphatic carbocycles. The summed E-state index contributed by atoms with van der Waals surface area (Å²) < 4.78 is 0.859. The molecule has 0 bridgehead atoms. The molecule has 1 heterocycles. The summed E-state index contributed by atoms with van der Waals surface area (Å²) in [5.74, 6) is 0.679. The normalized spacial score (nSPS) is 10.8. The van der Waals surface area contributed by atoms with Gasteiger partial charge in [-0.3, -0.25) is 9.89 Å². The number of rotatable bonds is 3. The number of halogens is 2. The summed E-state index contributed by atoms with van der Waals surface area (Å²) in [4.78, 5) is 16.1. The lowest BCUT2D eigenvalue weighted by molar-refractivity contribution is 0.101. The SMILES string of the molecule is CC(C)c1nc(C(=O)Nc2ccc(Cl)cc2I)n[nH]1. The van der Waals surface area contributed by atoms with Crippen molar-refractivity contribution in [2.75, 3.05) is 5.32 Å². The molecule has 0 aliphatic heterocycles. The van der Waals surface area contributed by atoms with Crippen LogP contribution >= 0.6 is 34.2 Å². The lowest BCUT2D eigenvalue weighted by Gasteiger charge is -2.05. The van der Waals surface area contributed by atoms with E-state index in [1.54, 1.807) is 18.2 Å². The number of amides is 1. The molecule has 0 aliphatic rings. The fraction of sp³-hybridized carbons (Fsp3) is 0.250. The number of nitrogens with one attached hydrogen (secondary N) is 2. The van der Waals surface area contributed by atoms with Crippen LogP contribution in [0.5, 0.6) is 0 Å². The van der Waals surface area contributed by atoms with E-state index >= 15 is 0 Å². The highest BCUT2D eigenvalue weighted by Gasteiger charge is 2.15. The Balaban J connectivity index is 2.16. The Hall–Kier alpha value is -1.15. The number of hydrogen-bond donors (Lipinski definition) is 2. The van der Waals surface area contributed by atoms with Gasteiger partial charge in [0.05, 0.1) is 5.69 Å². The Morgan fingerprint density at radius 2 is 2.21 bits per heavy atom. The van der Waals surface area contributed by atoms with Crippen LogP contribution < -0.4 is 5.32 Å². The minimum atomic E-state index is -0.344. The molecule has 1 amide bonds. The van der Waals surface area contributed by atoms with Gasteiger partial charge in [-0.25, -0.2) is 4.98 Å². The van der Waals surface area contributed by atoms with Gasteiger partial charge in [0, 0.05) is 14.5 Å². The average molecular weight is 391 g/mol. The van der Waals surface area contributed by atoms with Crippen molar-refractivity contribution < 1.29 is 4.79 Å². The first-order valence-electron chi connectivity index (χ1n) is 5.66. The van der Waals surface area contributed by atoms with Gasteiger partial charge < -0.3 is 5.32 Å². The molecule has 1 aromatic carbocycles. The van der Waals surface area contributed by atoms with Gasteiger partial charge in [-0.2, -0.15) is 0 Å². The summed E-state index contributed by atoms with van der Waals surface area (Å²) in [5.41, 5.74) is 0.686. The number of carbonyl (C=O) groups excluding carboxylic acids is 1. The van der Waals surface area contributed by atoms with Crippen LogP contribution in [0.25, 0.3) is 0 Å². The lowest BCUT2D eigenvalue weighted by atomic mass is 10.2. The van der Waals surface area contributed by atoms with Gasteiger partial charge in [0.15, 0.2) is 0 Å². The number of benzene rings is 1. The maximum absolute atomic E-state index is 12.0. The summed E-state index contributed by atoms with van der Waals surface area (Å²) in [6, 6.07) is 5.24. The quantitative estimate of drug-likeness (QED) is 0.789. The van der Waals surface area contributed by atoms with Crippen LogP contribution in [0.15, 0.2) is 18.2 Å². The van der Waals surface area contributed by atoms with Gasteiger partial charge in [-0.15, -0.1) is 5.10 Å². The molecule has 5 nitrogen and oxygen atoms in total. The number of carbonyl (C=O) groups is 1. The molecule has 100 valence electrons. The third kappa shape index (κ3) is 3.44. The molecule has 0 atom stereocenters. The number of aromatic nitrogens is 3. The van der Waals surface area contributed by atoms with Crippen LogP contribution in [0.1, 0.15) is 36.2 Å². The second-order valence-electron chi connectivity index (χ2n) is 4.28. The first kappa shape index (κ1) is 14.3. The van der Waals surface area contributed by atoms with E-state index in [-0.39, 0.29) is 17.6 Å².